The highest BCUT2D eigenvalue weighted by molar-refractivity contribution is 7.89. The first-order valence-electron chi connectivity index (χ1n) is 7.91. The Morgan fingerprint density at radius 3 is 2.20 bits per heavy atom. The molecular weight excluding hydrogens is 340 g/mol. The molecule has 0 aromatic heterocycles. The Morgan fingerprint density at radius 1 is 0.960 bits per heavy atom. The van der Waals surface area contributed by atoms with Gasteiger partial charge < -0.3 is 5.32 Å². The second-order valence-electron chi connectivity index (χ2n) is 5.85. The summed E-state index contributed by atoms with van der Waals surface area (Å²) in [4.78, 5) is 24.8. The van der Waals surface area contributed by atoms with Crippen LogP contribution >= 0.6 is 0 Å². The van der Waals surface area contributed by atoms with Crippen molar-refractivity contribution in [3.63, 3.8) is 0 Å². The lowest BCUT2D eigenvalue weighted by Crippen LogP contribution is -2.42. The minimum Gasteiger partial charge on any atom is -0.354 e. The summed E-state index contributed by atoms with van der Waals surface area (Å²) in [6, 6.07) is 17.0. The fourth-order valence-electron chi connectivity index (χ4n) is 2.77. The van der Waals surface area contributed by atoms with E-state index in [4.69, 9.17) is 0 Å². The molecule has 1 atom stereocenters. The molecule has 0 bridgehead atoms. The largest absolute Gasteiger partial charge is 0.354 e. The average molecular weight is 358 g/mol. The van der Waals surface area contributed by atoms with Crippen LogP contribution in [-0.4, -0.2) is 37.6 Å². The first-order valence-corrected chi connectivity index (χ1v) is 9.35. The summed E-state index contributed by atoms with van der Waals surface area (Å²) in [7, 11) is -4.07. The van der Waals surface area contributed by atoms with Crippen LogP contribution in [0.4, 0.5) is 0 Å². The van der Waals surface area contributed by atoms with Crippen LogP contribution in [0.2, 0.25) is 0 Å². The number of sulfonamides is 1. The maximum atomic E-state index is 12.9. The summed E-state index contributed by atoms with van der Waals surface area (Å²) in [6.07, 6.45) is 0.362. The molecule has 6 nitrogen and oxygen atoms in total. The van der Waals surface area contributed by atoms with Crippen molar-refractivity contribution >= 4 is 21.8 Å². The molecule has 3 rings (SSSR count). The van der Waals surface area contributed by atoms with Gasteiger partial charge in [0.05, 0.1) is 10.8 Å². The summed E-state index contributed by atoms with van der Waals surface area (Å²) in [6.45, 7) is -0.380. The van der Waals surface area contributed by atoms with Crippen molar-refractivity contribution in [1.29, 1.82) is 0 Å². The van der Waals surface area contributed by atoms with Crippen LogP contribution < -0.4 is 5.32 Å². The van der Waals surface area contributed by atoms with Crippen LogP contribution in [0.15, 0.2) is 65.6 Å². The molecule has 1 fully saturated rings. The quantitative estimate of drug-likeness (QED) is 0.890. The van der Waals surface area contributed by atoms with E-state index in [9.17, 15) is 18.0 Å². The normalized spacial score (nSPS) is 18.6. The molecule has 2 aromatic carbocycles. The molecule has 2 amide bonds. The van der Waals surface area contributed by atoms with Crippen molar-refractivity contribution < 1.29 is 18.0 Å². The first kappa shape index (κ1) is 17.2. The number of rotatable bonds is 4. The number of nitrogens with one attached hydrogen (secondary N) is 1. The molecule has 1 unspecified atom stereocenters. The maximum absolute atomic E-state index is 12.9. The van der Waals surface area contributed by atoms with Gasteiger partial charge in [-0.3, -0.25) is 9.59 Å². The van der Waals surface area contributed by atoms with E-state index in [0.29, 0.717) is 10.7 Å². The van der Waals surface area contributed by atoms with E-state index >= 15 is 0 Å². The lowest BCUT2D eigenvalue weighted by molar-refractivity contribution is -0.131. The first-order chi connectivity index (χ1) is 12.0. The van der Waals surface area contributed by atoms with Crippen molar-refractivity contribution in [2.45, 2.75) is 11.3 Å². The van der Waals surface area contributed by atoms with Crippen LogP contribution in [0.3, 0.4) is 0 Å². The predicted molar refractivity (Wildman–Crippen MR) is 92.0 cm³/mol. The van der Waals surface area contributed by atoms with E-state index < -0.39 is 34.3 Å². The Hall–Kier alpha value is -2.67. The molecule has 1 saturated heterocycles. The van der Waals surface area contributed by atoms with Gasteiger partial charge in [0, 0.05) is 6.54 Å². The van der Waals surface area contributed by atoms with Gasteiger partial charge in [0.15, 0.2) is 0 Å². The zero-order chi connectivity index (χ0) is 17.9. The number of hydrogen-bond donors (Lipinski definition) is 1. The molecule has 25 heavy (non-hydrogen) atoms. The Labute approximate surface area is 146 Å². The Kier molecular flexibility index (Phi) is 4.85. The van der Waals surface area contributed by atoms with Crippen molar-refractivity contribution in [2.24, 2.45) is 5.92 Å². The Bertz CT molecular complexity index is 866. The summed E-state index contributed by atoms with van der Waals surface area (Å²) in [5.74, 6) is -1.68. The number of carbonyl (C=O) groups excluding carboxylic acids is 2. The highest BCUT2D eigenvalue weighted by atomic mass is 32.2. The SMILES string of the molecule is O=C1CN(S(=O)(=O)c2ccccc2)C(=O)C(Cc2ccccc2)CN1. The second-order valence-corrected chi connectivity index (χ2v) is 7.72. The number of benzene rings is 2. The van der Waals surface area contributed by atoms with Crippen molar-refractivity contribution in [1.82, 2.24) is 9.62 Å². The van der Waals surface area contributed by atoms with E-state index in [1.165, 1.54) is 12.1 Å². The van der Waals surface area contributed by atoms with Gasteiger partial charge in [0.2, 0.25) is 11.8 Å². The van der Waals surface area contributed by atoms with E-state index in [2.05, 4.69) is 5.32 Å². The highest BCUT2D eigenvalue weighted by Crippen LogP contribution is 2.21. The molecule has 1 heterocycles. The van der Waals surface area contributed by atoms with E-state index in [-0.39, 0.29) is 11.4 Å². The van der Waals surface area contributed by atoms with Gasteiger partial charge in [-0.05, 0) is 24.1 Å². The maximum Gasteiger partial charge on any atom is 0.266 e. The molecule has 2 aromatic rings. The average Bonchev–Trinajstić information content (AvgIpc) is 2.77. The fourth-order valence-corrected chi connectivity index (χ4v) is 4.20. The van der Waals surface area contributed by atoms with E-state index in [1.807, 2.05) is 30.3 Å². The summed E-state index contributed by atoms with van der Waals surface area (Å²) >= 11 is 0. The molecule has 130 valence electrons. The van der Waals surface area contributed by atoms with Gasteiger partial charge in [-0.15, -0.1) is 0 Å². The molecular formula is C18H18N2O4S. The van der Waals surface area contributed by atoms with Crippen LogP contribution in [-0.2, 0) is 26.0 Å². The van der Waals surface area contributed by atoms with Crippen LogP contribution in [0.1, 0.15) is 5.56 Å². The molecule has 0 radical (unpaired) electrons. The van der Waals surface area contributed by atoms with Crippen molar-refractivity contribution in [2.75, 3.05) is 13.1 Å². The minimum absolute atomic E-state index is 0.00323. The third-order valence-electron chi connectivity index (χ3n) is 4.08. The molecule has 1 N–H and O–H groups in total. The molecule has 0 spiro atoms. The Balaban J connectivity index is 1.92. The zero-order valence-corrected chi connectivity index (χ0v) is 14.3. The lowest BCUT2D eigenvalue weighted by Gasteiger charge is -2.23. The van der Waals surface area contributed by atoms with Crippen LogP contribution in [0.5, 0.6) is 0 Å². The van der Waals surface area contributed by atoms with Crippen LogP contribution in [0, 0.1) is 5.92 Å². The number of nitrogens with zero attached hydrogens (tertiary/aromatic N) is 1. The van der Waals surface area contributed by atoms with E-state index in [0.717, 1.165) is 5.56 Å². The van der Waals surface area contributed by atoms with Gasteiger partial charge in [0.25, 0.3) is 10.0 Å². The Morgan fingerprint density at radius 2 is 1.56 bits per heavy atom. The number of amides is 2. The molecule has 1 aliphatic heterocycles. The molecule has 7 heteroatoms. The summed E-state index contributed by atoms with van der Waals surface area (Å²) < 4.78 is 26.3. The van der Waals surface area contributed by atoms with Gasteiger partial charge >= 0.3 is 0 Å². The number of hydrogen-bond acceptors (Lipinski definition) is 4. The fraction of sp³-hybridized carbons (Fsp3) is 0.222. The number of carbonyl (C=O) groups is 2. The van der Waals surface area contributed by atoms with Gasteiger partial charge in [-0.1, -0.05) is 48.5 Å². The van der Waals surface area contributed by atoms with Gasteiger partial charge in [0.1, 0.15) is 6.54 Å². The summed E-state index contributed by atoms with van der Waals surface area (Å²) in [5, 5.41) is 2.63. The van der Waals surface area contributed by atoms with E-state index in [1.54, 1.807) is 18.2 Å². The minimum atomic E-state index is -4.07. The topological polar surface area (TPSA) is 83.6 Å². The second kappa shape index (κ2) is 7.06. The highest BCUT2D eigenvalue weighted by Gasteiger charge is 2.37. The summed E-state index contributed by atoms with van der Waals surface area (Å²) in [5.41, 5.74) is 0.911. The molecule has 0 aliphatic carbocycles. The van der Waals surface area contributed by atoms with Crippen LogP contribution in [0.25, 0.3) is 0 Å². The standard InChI is InChI=1S/C18H18N2O4S/c21-17-13-20(25(23,24)16-9-5-2-6-10-16)18(22)15(12-19-17)11-14-7-3-1-4-8-14/h1-10,15H,11-13H2,(H,19,21). The third kappa shape index (κ3) is 3.71. The third-order valence-corrected chi connectivity index (χ3v) is 5.84. The van der Waals surface area contributed by atoms with Crippen molar-refractivity contribution in [3.05, 3.63) is 66.2 Å². The monoisotopic (exact) mass is 358 g/mol. The lowest BCUT2D eigenvalue weighted by atomic mass is 9.99. The van der Waals surface area contributed by atoms with Gasteiger partial charge in [-0.2, -0.15) is 0 Å². The smallest absolute Gasteiger partial charge is 0.266 e. The van der Waals surface area contributed by atoms with Crippen molar-refractivity contribution in [3.8, 4) is 0 Å². The molecule has 0 saturated carbocycles. The molecule has 1 aliphatic rings. The van der Waals surface area contributed by atoms with Gasteiger partial charge in [-0.25, -0.2) is 12.7 Å². The predicted octanol–water partition coefficient (Wildman–Crippen LogP) is 1.19. The zero-order valence-electron chi connectivity index (χ0n) is 13.5.